The molecule has 7 nitrogen and oxygen atoms in total. The first-order valence-corrected chi connectivity index (χ1v) is 10.5. The van der Waals surface area contributed by atoms with Crippen molar-refractivity contribution < 1.29 is 17.9 Å². The van der Waals surface area contributed by atoms with E-state index in [1.165, 1.54) is 19.2 Å². The van der Waals surface area contributed by atoms with E-state index in [0.29, 0.717) is 17.9 Å². The minimum Gasteiger partial charge on any atom is -0.497 e. The van der Waals surface area contributed by atoms with E-state index in [1.807, 2.05) is 19.3 Å². The van der Waals surface area contributed by atoms with E-state index in [9.17, 15) is 13.2 Å². The topological polar surface area (TPSA) is 89.4 Å². The zero-order valence-corrected chi connectivity index (χ0v) is 16.3. The third-order valence-corrected chi connectivity index (χ3v) is 6.41. The van der Waals surface area contributed by atoms with E-state index < -0.39 is 10.0 Å². The predicted molar refractivity (Wildman–Crippen MR) is 102 cm³/mol. The van der Waals surface area contributed by atoms with Crippen LogP contribution in [0.5, 0.6) is 5.75 Å². The monoisotopic (exact) mass is 391 g/mol. The molecule has 2 atom stereocenters. The van der Waals surface area contributed by atoms with Crippen molar-refractivity contribution in [3.8, 4) is 5.75 Å². The molecule has 1 saturated carbocycles. The van der Waals surface area contributed by atoms with Crippen LogP contribution in [0.2, 0.25) is 0 Å². The van der Waals surface area contributed by atoms with Crippen LogP contribution in [0.25, 0.3) is 0 Å². The number of aryl methyl sites for hydroxylation is 1. The second kappa shape index (κ2) is 8.14. The van der Waals surface area contributed by atoms with Crippen molar-refractivity contribution in [3.05, 3.63) is 48.3 Å². The lowest BCUT2D eigenvalue weighted by molar-refractivity contribution is 0.0916. The van der Waals surface area contributed by atoms with Gasteiger partial charge in [0.05, 0.1) is 12.0 Å². The zero-order chi connectivity index (χ0) is 19.4. The fraction of sp³-hybridized carbons (Fsp3) is 0.421. The first-order chi connectivity index (χ1) is 12.9. The highest BCUT2D eigenvalue weighted by molar-refractivity contribution is 7.89. The smallest absolute Gasteiger partial charge is 0.268 e. The Morgan fingerprint density at radius 1 is 1.15 bits per heavy atom. The van der Waals surface area contributed by atoms with Crippen LogP contribution in [-0.4, -0.2) is 38.1 Å². The van der Waals surface area contributed by atoms with Gasteiger partial charge in [-0.25, -0.2) is 13.1 Å². The van der Waals surface area contributed by atoms with Crippen LogP contribution in [0.15, 0.2) is 47.5 Å². The Labute approximate surface area is 159 Å². The Morgan fingerprint density at radius 2 is 1.85 bits per heavy atom. The highest BCUT2D eigenvalue weighted by atomic mass is 32.2. The molecule has 1 aromatic carbocycles. The fourth-order valence-corrected chi connectivity index (χ4v) is 4.71. The molecule has 1 heterocycles. The highest BCUT2D eigenvalue weighted by Crippen LogP contribution is 2.22. The molecule has 0 radical (unpaired) electrons. The van der Waals surface area contributed by atoms with Crippen LogP contribution in [0.4, 0.5) is 0 Å². The Hall–Kier alpha value is -2.32. The number of benzene rings is 1. The lowest BCUT2D eigenvalue weighted by Crippen LogP contribution is -2.46. The second-order valence-corrected chi connectivity index (χ2v) is 8.55. The van der Waals surface area contributed by atoms with E-state index in [0.717, 1.165) is 19.3 Å². The van der Waals surface area contributed by atoms with E-state index in [4.69, 9.17) is 4.74 Å². The van der Waals surface area contributed by atoms with E-state index >= 15 is 0 Å². The Kier molecular flexibility index (Phi) is 5.86. The summed E-state index contributed by atoms with van der Waals surface area (Å²) in [6.45, 7) is 0. The van der Waals surface area contributed by atoms with Gasteiger partial charge in [-0.1, -0.05) is 0 Å². The number of sulfonamides is 1. The van der Waals surface area contributed by atoms with Gasteiger partial charge in [0, 0.05) is 25.3 Å². The third-order valence-electron chi connectivity index (χ3n) is 4.88. The molecular formula is C19H25N3O4S. The van der Waals surface area contributed by atoms with E-state index in [-0.39, 0.29) is 22.9 Å². The first kappa shape index (κ1) is 19.4. The molecule has 1 aliphatic rings. The number of nitrogens with zero attached hydrogens (tertiary/aromatic N) is 1. The van der Waals surface area contributed by atoms with Gasteiger partial charge in [-0.05, 0) is 62.1 Å². The molecule has 0 aliphatic heterocycles. The Morgan fingerprint density at radius 3 is 2.48 bits per heavy atom. The van der Waals surface area contributed by atoms with Gasteiger partial charge < -0.3 is 14.6 Å². The molecule has 0 bridgehead atoms. The summed E-state index contributed by atoms with van der Waals surface area (Å²) in [7, 11) is -0.253. The summed E-state index contributed by atoms with van der Waals surface area (Å²) in [5.74, 6) is 0.473. The molecule has 1 amide bonds. The molecule has 1 aliphatic carbocycles. The lowest BCUT2D eigenvalue weighted by Gasteiger charge is -2.30. The molecule has 2 N–H and O–H groups in total. The maximum Gasteiger partial charge on any atom is 0.268 e. The third kappa shape index (κ3) is 4.70. The predicted octanol–water partition coefficient (Wildman–Crippen LogP) is 2.05. The lowest BCUT2D eigenvalue weighted by atomic mass is 9.91. The second-order valence-electron chi connectivity index (χ2n) is 6.84. The number of methoxy groups -OCH3 is 1. The largest absolute Gasteiger partial charge is 0.497 e. The van der Waals surface area contributed by atoms with Crippen LogP contribution in [0, 0.1) is 0 Å². The number of hydrogen-bond acceptors (Lipinski definition) is 4. The first-order valence-electron chi connectivity index (χ1n) is 8.97. The van der Waals surface area contributed by atoms with Crippen molar-refractivity contribution in [2.75, 3.05) is 7.11 Å². The van der Waals surface area contributed by atoms with Gasteiger partial charge in [-0.2, -0.15) is 0 Å². The van der Waals surface area contributed by atoms with Gasteiger partial charge in [0.15, 0.2) is 0 Å². The molecule has 1 aromatic heterocycles. The summed E-state index contributed by atoms with van der Waals surface area (Å²) in [5.41, 5.74) is 0.593. The van der Waals surface area contributed by atoms with Crippen molar-refractivity contribution in [1.29, 1.82) is 0 Å². The number of amides is 1. The minimum absolute atomic E-state index is 0.0512. The quantitative estimate of drug-likeness (QED) is 0.789. The molecule has 8 heteroatoms. The van der Waals surface area contributed by atoms with Gasteiger partial charge in [0.1, 0.15) is 11.4 Å². The fourth-order valence-electron chi connectivity index (χ4n) is 3.43. The number of carbonyl (C=O) groups is 1. The standard InChI is InChI=1S/C19H25N3O4S/c1-22-12-4-7-18(22)19(23)20-14-5-3-6-15(13-14)21-27(24,25)17-10-8-16(26-2)9-11-17/h4,7-12,14-15,21H,3,5-6,13H2,1-2H3,(H,20,23)/t14-,15-/m1/s1. The maximum absolute atomic E-state index is 12.6. The van der Waals surface area contributed by atoms with Gasteiger partial charge in [-0.15, -0.1) is 0 Å². The summed E-state index contributed by atoms with van der Waals surface area (Å²) < 4.78 is 34.8. The van der Waals surface area contributed by atoms with Crippen molar-refractivity contribution in [1.82, 2.24) is 14.6 Å². The number of ether oxygens (including phenoxy) is 1. The number of rotatable bonds is 6. The average molecular weight is 391 g/mol. The summed E-state index contributed by atoms with van der Waals surface area (Å²) in [6, 6.07) is 9.63. The minimum atomic E-state index is -3.61. The van der Waals surface area contributed by atoms with E-state index in [2.05, 4.69) is 10.0 Å². The van der Waals surface area contributed by atoms with Crippen LogP contribution in [0.3, 0.4) is 0 Å². The zero-order valence-electron chi connectivity index (χ0n) is 15.5. The van der Waals surface area contributed by atoms with Crippen LogP contribution < -0.4 is 14.8 Å². The van der Waals surface area contributed by atoms with Crippen molar-refractivity contribution in [2.24, 2.45) is 7.05 Å². The maximum atomic E-state index is 12.6. The van der Waals surface area contributed by atoms with Crippen LogP contribution in [-0.2, 0) is 17.1 Å². The molecule has 146 valence electrons. The molecular weight excluding hydrogens is 366 g/mol. The SMILES string of the molecule is COc1ccc(S(=O)(=O)N[C@@H]2CCC[C@@H](NC(=O)c3cccn3C)C2)cc1. The number of aromatic nitrogens is 1. The average Bonchev–Trinajstić information content (AvgIpc) is 3.08. The summed E-state index contributed by atoms with van der Waals surface area (Å²) in [5, 5.41) is 3.02. The van der Waals surface area contributed by atoms with E-state index in [1.54, 1.807) is 22.8 Å². The molecule has 0 spiro atoms. The summed E-state index contributed by atoms with van der Waals surface area (Å²) in [4.78, 5) is 12.6. The number of nitrogens with one attached hydrogen (secondary N) is 2. The molecule has 3 rings (SSSR count). The van der Waals surface area contributed by atoms with Crippen LogP contribution in [0.1, 0.15) is 36.2 Å². The van der Waals surface area contributed by atoms with Gasteiger partial charge in [0.25, 0.3) is 5.91 Å². The Balaban J connectivity index is 1.62. The molecule has 2 aromatic rings. The van der Waals surface area contributed by atoms with Crippen molar-refractivity contribution in [3.63, 3.8) is 0 Å². The van der Waals surface area contributed by atoms with Gasteiger partial charge >= 0.3 is 0 Å². The van der Waals surface area contributed by atoms with Crippen molar-refractivity contribution >= 4 is 15.9 Å². The van der Waals surface area contributed by atoms with Crippen molar-refractivity contribution in [2.45, 2.75) is 42.7 Å². The summed E-state index contributed by atoms with van der Waals surface area (Å²) in [6.07, 6.45) is 4.85. The van der Waals surface area contributed by atoms with Crippen LogP contribution >= 0.6 is 0 Å². The molecule has 27 heavy (non-hydrogen) atoms. The van der Waals surface area contributed by atoms with Gasteiger partial charge in [0.2, 0.25) is 10.0 Å². The summed E-state index contributed by atoms with van der Waals surface area (Å²) >= 11 is 0. The molecule has 0 unspecified atom stereocenters. The Bertz CT molecular complexity index is 890. The molecule has 1 fully saturated rings. The number of carbonyl (C=O) groups excluding carboxylic acids is 1. The molecule has 0 saturated heterocycles. The van der Waals surface area contributed by atoms with Gasteiger partial charge in [-0.3, -0.25) is 4.79 Å². The number of hydrogen-bond donors (Lipinski definition) is 2. The normalized spacial score (nSPS) is 20.2. The highest BCUT2D eigenvalue weighted by Gasteiger charge is 2.28.